The second-order valence-corrected chi connectivity index (χ2v) is 8.06. The minimum atomic E-state index is -0.912. The van der Waals surface area contributed by atoms with E-state index >= 15 is 0 Å². The molecule has 198 valence electrons. The molecule has 0 radical (unpaired) electrons. The molecule has 0 aromatic heterocycles. The van der Waals surface area contributed by atoms with Crippen molar-refractivity contribution in [2.24, 2.45) is 0 Å². The highest BCUT2D eigenvalue weighted by Gasteiger charge is 2.34. The van der Waals surface area contributed by atoms with Gasteiger partial charge in [-0.05, 0) is 37.6 Å². The molecule has 0 saturated carbocycles. The third-order valence-corrected chi connectivity index (χ3v) is 5.68. The summed E-state index contributed by atoms with van der Waals surface area (Å²) in [5.74, 6) is -0.890. The Labute approximate surface area is 214 Å². The number of rotatable bonds is 9. The van der Waals surface area contributed by atoms with Crippen molar-refractivity contribution in [3.05, 3.63) is 35.4 Å². The number of phenols is 1. The SMILES string of the molecule is COC(=O)c1c(C(=O)OC(C)C)c(O)c2cc(OC)c(OC)c(OC)c2c1-c1ccc(OC)c(OC)c1. The summed E-state index contributed by atoms with van der Waals surface area (Å²) in [6.45, 7) is 3.31. The van der Waals surface area contributed by atoms with Crippen molar-refractivity contribution in [3.63, 3.8) is 0 Å². The summed E-state index contributed by atoms with van der Waals surface area (Å²) in [7, 11) is 8.39. The number of hydrogen-bond acceptors (Lipinski definition) is 10. The first kappa shape index (κ1) is 27.3. The first-order chi connectivity index (χ1) is 17.7. The number of carbonyl (C=O) groups excluding carboxylic acids is 2. The van der Waals surface area contributed by atoms with E-state index in [0.29, 0.717) is 17.1 Å². The van der Waals surface area contributed by atoms with Gasteiger partial charge in [-0.1, -0.05) is 6.07 Å². The van der Waals surface area contributed by atoms with Crippen LogP contribution in [0.3, 0.4) is 0 Å². The maximum atomic E-state index is 13.3. The molecule has 10 heteroatoms. The molecule has 0 aliphatic carbocycles. The van der Waals surface area contributed by atoms with Crippen molar-refractivity contribution in [2.75, 3.05) is 42.7 Å². The smallest absolute Gasteiger partial charge is 0.343 e. The van der Waals surface area contributed by atoms with Gasteiger partial charge in [-0.2, -0.15) is 0 Å². The summed E-state index contributed by atoms with van der Waals surface area (Å²) < 4.78 is 38.0. The number of carbonyl (C=O) groups is 2. The molecule has 0 aliphatic rings. The van der Waals surface area contributed by atoms with E-state index < -0.39 is 23.8 Å². The van der Waals surface area contributed by atoms with Gasteiger partial charge in [-0.25, -0.2) is 9.59 Å². The second-order valence-electron chi connectivity index (χ2n) is 8.06. The Kier molecular flexibility index (Phi) is 8.21. The number of phenolic OH excluding ortho intramolecular Hbond substituents is 1. The molecule has 0 amide bonds. The highest BCUT2D eigenvalue weighted by atomic mass is 16.5. The van der Waals surface area contributed by atoms with Crippen molar-refractivity contribution < 1.29 is 47.9 Å². The summed E-state index contributed by atoms with van der Waals surface area (Å²) in [6, 6.07) is 6.44. The van der Waals surface area contributed by atoms with Crippen molar-refractivity contribution in [3.8, 4) is 45.6 Å². The van der Waals surface area contributed by atoms with Crippen LogP contribution in [0.1, 0.15) is 34.6 Å². The molecule has 0 heterocycles. The Morgan fingerprint density at radius 3 is 1.86 bits per heavy atom. The standard InChI is InChI=1S/C27H30O10/c1-13(2)37-27(30)22-21(26(29)36-8)19(14-9-10-16(31-3)17(11-14)32-4)20-15(23(22)28)12-18(33-5)24(34-6)25(20)35-7/h9-13,28H,1-8H3. The molecule has 0 spiro atoms. The topological polar surface area (TPSA) is 119 Å². The fourth-order valence-electron chi connectivity index (χ4n) is 4.15. The minimum absolute atomic E-state index is 0.155. The molecule has 0 bridgehead atoms. The molecule has 0 unspecified atom stereocenters. The third-order valence-electron chi connectivity index (χ3n) is 5.68. The average Bonchev–Trinajstić information content (AvgIpc) is 2.90. The Morgan fingerprint density at radius 1 is 0.730 bits per heavy atom. The molecule has 3 aromatic rings. The average molecular weight is 515 g/mol. The van der Waals surface area contributed by atoms with E-state index in [1.807, 2.05) is 0 Å². The molecule has 10 nitrogen and oxygen atoms in total. The zero-order chi connectivity index (χ0) is 27.4. The molecular formula is C27H30O10. The highest BCUT2D eigenvalue weighted by molar-refractivity contribution is 6.20. The van der Waals surface area contributed by atoms with Gasteiger partial charge in [0.1, 0.15) is 11.3 Å². The Bertz CT molecular complexity index is 1340. The maximum absolute atomic E-state index is 13.3. The lowest BCUT2D eigenvalue weighted by atomic mass is 9.87. The molecule has 0 atom stereocenters. The maximum Gasteiger partial charge on any atom is 0.343 e. The molecule has 3 aromatic carbocycles. The van der Waals surface area contributed by atoms with Gasteiger partial charge in [-0.3, -0.25) is 0 Å². The van der Waals surface area contributed by atoms with E-state index in [0.717, 1.165) is 0 Å². The van der Waals surface area contributed by atoms with Crippen LogP contribution in [0.25, 0.3) is 21.9 Å². The fraction of sp³-hybridized carbons (Fsp3) is 0.333. The van der Waals surface area contributed by atoms with Gasteiger partial charge in [-0.15, -0.1) is 0 Å². The van der Waals surface area contributed by atoms with Crippen molar-refractivity contribution in [1.29, 1.82) is 0 Å². The van der Waals surface area contributed by atoms with Crippen LogP contribution < -0.4 is 23.7 Å². The molecule has 1 N–H and O–H groups in total. The van der Waals surface area contributed by atoms with Crippen molar-refractivity contribution in [1.82, 2.24) is 0 Å². The van der Waals surface area contributed by atoms with Gasteiger partial charge in [0.2, 0.25) is 5.75 Å². The van der Waals surface area contributed by atoms with Crippen LogP contribution in [0, 0.1) is 0 Å². The number of fused-ring (bicyclic) bond motifs is 1. The monoisotopic (exact) mass is 514 g/mol. The second kappa shape index (κ2) is 11.2. The van der Waals surface area contributed by atoms with E-state index in [2.05, 4.69) is 0 Å². The Morgan fingerprint density at radius 2 is 1.35 bits per heavy atom. The van der Waals surface area contributed by atoms with Gasteiger partial charge in [0.15, 0.2) is 23.0 Å². The van der Waals surface area contributed by atoms with Crippen LogP contribution in [-0.2, 0) is 9.47 Å². The van der Waals surface area contributed by atoms with E-state index in [1.165, 1.54) is 48.7 Å². The summed E-state index contributed by atoms with van der Waals surface area (Å²) in [5.41, 5.74) is 0.0595. The highest BCUT2D eigenvalue weighted by Crippen LogP contribution is 2.52. The lowest BCUT2D eigenvalue weighted by Gasteiger charge is -2.23. The number of ether oxygens (including phenoxy) is 7. The molecule has 0 aliphatic heterocycles. The van der Waals surface area contributed by atoms with E-state index in [1.54, 1.807) is 32.0 Å². The zero-order valence-corrected chi connectivity index (χ0v) is 22.0. The molecule has 3 rings (SSSR count). The fourth-order valence-corrected chi connectivity index (χ4v) is 4.15. The lowest BCUT2D eigenvalue weighted by molar-refractivity contribution is 0.0365. The van der Waals surface area contributed by atoms with E-state index in [4.69, 9.17) is 33.2 Å². The van der Waals surface area contributed by atoms with Crippen LogP contribution in [0.4, 0.5) is 0 Å². The van der Waals surface area contributed by atoms with Gasteiger partial charge >= 0.3 is 11.9 Å². The predicted molar refractivity (Wildman–Crippen MR) is 136 cm³/mol. The van der Waals surface area contributed by atoms with Crippen LogP contribution in [-0.4, -0.2) is 65.8 Å². The van der Waals surface area contributed by atoms with Crippen LogP contribution in [0.2, 0.25) is 0 Å². The van der Waals surface area contributed by atoms with Crippen LogP contribution >= 0.6 is 0 Å². The van der Waals surface area contributed by atoms with Gasteiger partial charge in [0.05, 0.1) is 54.3 Å². The van der Waals surface area contributed by atoms with Crippen LogP contribution in [0.15, 0.2) is 24.3 Å². The third kappa shape index (κ3) is 4.74. The van der Waals surface area contributed by atoms with Crippen LogP contribution in [0.5, 0.6) is 34.5 Å². The molecular weight excluding hydrogens is 484 g/mol. The lowest BCUT2D eigenvalue weighted by Crippen LogP contribution is -2.18. The number of aromatic hydroxyl groups is 1. The van der Waals surface area contributed by atoms with E-state index in [9.17, 15) is 14.7 Å². The van der Waals surface area contributed by atoms with Gasteiger partial charge in [0.25, 0.3) is 0 Å². The minimum Gasteiger partial charge on any atom is -0.506 e. The Balaban J connectivity index is 2.70. The predicted octanol–water partition coefficient (Wildman–Crippen LogP) is 4.61. The zero-order valence-electron chi connectivity index (χ0n) is 22.0. The summed E-state index contributed by atoms with van der Waals surface area (Å²) in [6.07, 6.45) is -0.530. The molecule has 0 saturated heterocycles. The summed E-state index contributed by atoms with van der Waals surface area (Å²) in [4.78, 5) is 26.6. The number of methoxy groups -OCH3 is 6. The largest absolute Gasteiger partial charge is 0.506 e. The van der Waals surface area contributed by atoms with E-state index in [-0.39, 0.29) is 44.7 Å². The van der Waals surface area contributed by atoms with Crippen molar-refractivity contribution >= 4 is 22.7 Å². The van der Waals surface area contributed by atoms with Gasteiger partial charge in [0, 0.05) is 16.3 Å². The summed E-state index contributed by atoms with van der Waals surface area (Å²) >= 11 is 0. The molecule has 0 fully saturated rings. The van der Waals surface area contributed by atoms with Gasteiger partial charge < -0.3 is 38.3 Å². The Hall–Kier alpha value is -4.34. The number of esters is 2. The number of benzene rings is 3. The quantitative estimate of drug-likeness (QED) is 0.406. The van der Waals surface area contributed by atoms with Crippen molar-refractivity contribution in [2.45, 2.75) is 20.0 Å². The first-order valence-corrected chi connectivity index (χ1v) is 11.2. The first-order valence-electron chi connectivity index (χ1n) is 11.2. The summed E-state index contributed by atoms with van der Waals surface area (Å²) in [5, 5.41) is 11.8. The number of hydrogen-bond donors (Lipinski definition) is 1. The normalized spacial score (nSPS) is 10.7. The molecule has 37 heavy (non-hydrogen) atoms.